The molecule has 147 valence electrons. The second kappa shape index (κ2) is 9.32. The maximum atomic E-state index is 13.2. The van der Waals surface area contributed by atoms with Crippen molar-refractivity contribution in [2.45, 2.75) is 0 Å². The van der Waals surface area contributed by atoms with Crippen LogP contribution in [-0.2, 0) is 20.1 Å². The largest absolute Gasteiger partial charge is 0.357 e. The van der Waals surface area contributed by atoms with Crippen LogP contribution in [0.2, 0.25) is 0 Å². The molecule has 0 bridgehead atoms. The number of para-hydroxylation sites is 2. The molecule has 1 radical (unpaired) electrons. The van der Waals surface area contributed by atoms with Crippen LogP contribution in [0, 0.1) is 17.7 Å². The molecule has 0 aliphatic rings. The average Bonchev–Trinajstić information content (AvgIpc) is 3.39. The van der Waals surface area contributed by atoms with Gasteiger partial charge in [-0.15, -0.1) is 12.1 Å². The fourth-order valence-electron chi connectivity index (χ4n) is 2.54. The monoisotopic (exact) mass is 566 g/mol. The van der Waals surface area contributed by atoms with E-state index in [4.69, 9.17) is 0 Å². The first kappa shape index (κ1) is 20.5. The summed E-state index contributed by atoms with van der Waals surface area (Å²) in [6.45, 7) is 0. The van der Waals surface area contributed by atoms with E-state index in [-0.39, 0.29) is 25.7 Å². The summed E-state index contributed by atoms with van der Waals surface area (Å²) in [5, 5.41) is 4.07. The minimum absolute atomic E-state index is 0. The predicted molar refractivity (Wildman–Crippen MR) is 101 cm³/mol. The Balaban J connectivity index is 0.000000160. The molecule has 0 aliphatic carbocycles. The van der Waals surface area contributed by atoms with Gasteiger partial charge in [0.15, 0.2) is 0 Å². The Labute approximate surface area is 178 Å². The number of nitrogens with zero attached hydrogens (tertiary/aromatic N) is 5. The summed E-state index contributed by atoms with van der Waals surface area (Å²) >= 11 is 0. The van der Waals surface area contributed by atoms with Gasteiger partial charge in [-0.2, -0.15) is 0 Å². The summed E-state index contributed by atoms with van der Waals surface area (Å²) in [5.74, 6) is -0.665. The maximum Gasteiger partial charge on any atom is 0.0427 e. The van der Waals surface area contributed by atoms with E-state index in [0.29, 0.717) is 11.6 Å². The Morgan fingerprint density at radius 3 is 2.48 bits per heavy atom. The summed E-state index contributed by atoms with van der Waals surface area (Å²) in [6.07, 6.45) is 5.08. The second-order valence-corrected chi connectivity index (χ2v) is 5.72. The van der Waals surface area contributed by atoms with Crippen molar-refractivity contribution in [3.05, 3.63) is 97.0 Å². The molecule has 0 amide bonds. The molecule has 5 aromatic rings. The van der Waals surface area contributed by atoms with E-state index in [1.54, 1.807) is 35.3 Å². The van der Waals surface area contributed by atoms with Crippen LogP contribution in [0.1, 0.15) is 0 Å². The van der Waals surface area contributed by atoms with Crippen LogP contribution < -0.4 is 4.98 Å². The molecule has 0 saturated carbocycles. The Morgan fingerprint density at radius 1 is 0.966 bits per heavy atom. The number of pyridine rings is 1. The number of aromatic nitrogens is 5. The molecule has 0 spiro atoms. The van der Waals surface area contributed by atoms with Crippen molar-refractivity contribution in [2.75, 3.05) is 0 Å². The molecular weight excluding hydrogens is 552 g/mol. The number of halogens is 2. The van der Waals surface area contributed by atoms with Gasteiger partial charge >= 0.3 is 0 Å². The summed E-state index contributed by atoms with van der Waals surface area (Å²) in [4.78, 5) is 12.6. The third-order valence-electron chi connectivity index (χ3n) is 3.81. The number of imidazole rings is 1. The van der Waals surface area contributed by atoms with Gasteiger partial charge in [0.2, 0.25) is 0 Å². The number of rotatable bonds is 2. The topological polar surface area (TPSA) is 57.7 Å². The Morgan fingerprint density at radius 2 is 1.79 bits per heavy atom. The van der Waals surface area contributed by atoms with Crippen molar-refractivity contribution in [3.63, 3.8) is 0 Å². The van der Waals surface area contributed by atoms with E-state index >= 15 is 0 Å². The molecule has 29 heavy (non-hydrogen) atoms. The van der Waals surface area contributed by atoms with Gasteiger partial charge in [0.05, 0.1) is 0 Å². The number of hydrogen-bond donors (Lipinski definition) is 0. The van der Waals surface area contributed by atoms with Gasteiger partial charge in [0.25, 0.3) is 0 Å². The van der Waals surface area contributed by atoms with Crippen molar-refractivity contribution in [3.8, 4) is 17.2 Å². The standard InChI is InChI=1S/C11H6F2N.C10H7N4.Ir/c12-8-4-5-9(10(13)7-8)11-3-1-2-6-14-11;1-2-5-9-8(4-1)12-10(13-9)14-7-3-6-11-14;/h1-4,6-7H;1-7H;/q2*-1;. The molecule has 0 saturated heterocycles. The zero-order valence-electron chi connectivity index (χ0n) is 14.8. The fourth-order valence-corrected chi connectivity index (χ4v) is 2.54. The van der Waals surface area contributed by atoms with Gasteiger partial charge < -0.3 is 19.6 Å². The van der Waals surface area contributed by atoms with Crippen molar-refractivity contribution in [1.82, 2.24) is 24.7 Å². The average molecular weight is 566 g/mol. The van der Waals surface area contributed by atoms with Crippen molar-refractivity contribution in [1.29, 1.82) is 0 Å². The summed E-state index contributed by atoms with van der Waals surface area (Å²) in [6, 6.07) is 19.2. The fraction of sp³-hybridized carbons (Fsp3) is 0. The molecular formula is C21H13F2IrN5-2. The van der Waals surface area contributed by atoms with Crippen LogP contribution in [0.25, 0.3) is 28.2 Å². The van der Waals surface area contributed by atoms with Crippen LogP contribution in [0.15, 0.2) is 79.3 Å². The van der Waals surface area contributed by atoms with Crippen LogP contribution in [-0.4, -0.2) is 19.7 Å². The van der Waals surface area contributed by atoms with Gasteiger partial charge in [-0.1, -0.05) is 48.0 Å². The van der Waals surface area contributed by atoms with Gasteiger partial charge in [-0.3, -0.25) is 8.78 Å². The minimum atomic E-state index is -0.649. The normalized spacial score (nSPS) is 10.1. The van der Waals surface area contributed by atoms with E-state index in [9.17, 15) is 8.78 Å². The van der Waals surface area contributed by atoms with E-state index in [1.165, 1.54) is 0 Å². The minimum Gasteiger partial charge on any atom is -0.357 e. The van der Waals surface area contributed by atoms with Gasteiger partial charge in [0.1, 0.15) is 0 Å². The predicted octanol–water partition coefficient (Wildman–Crippen LogP) is 4.20. The van der Waals surface area contributed by atoms with E-state index in [0.717, 1.165) is 23.2 Å². The molecule has 5 rings (SSSR count). The molecule has 0 fully saturated rings. The Kier molecular flexibility index (Phi) is 6.59. The zero-order valence-corrected chi connectivity index (χ0v) is 17.2. The third kappa shape index (κ3) is 4.80. The maximum absolute atomic E-state index is 13.2. The second-order valence-electron chi connectivity index (χ2n) is 5.72. The molecule has 3 heterocycles. The summed E-state index contributed by atoms with van der Waals surface area (Å²) in [5.41, 5.74) is 2.44. The Bertz CT molecular complexity index is 1160. The molecule has 3 aromatic heterocycles. The van der Waals surface area contributed by atoms with Crippen molar-refractivity contribution >= 4 is 11.0 Å². The first-order chi connectivity index (χ1) is 13.7. The molecule has 8 heteroatoms. The number of benzene rings is 2. The molecule has 5 nitrogen and oxygen atoms in total. The van der Waals surface area contributed by atoms with Gasteiger partial charge in [-0.25, -0.2) is 5.10 Å². The molecule has 0 atom stereocenters. The number of hydrogen-bond acceptors (Lipinski definition) is 3. The van der Waals surface area contributed by atoms with Crippen LogP contribution in [0.4, 0.5) is 8.78 Å². The zero-order chi connectivity index (χ0) is 19.3. The number of fused-ring (bicyclic) bond motifs is 1. The van der Waals surface area contributed by atoms with E-state index in [1.807, 2.05) is 36.5 Å². The molecule has 2 aromatic carbocycles. The SMILES string of the molecule is Fc1c[c-]c(-c2ccccn2)c(F)c1.[Ir].c1ccc2[n-]c(-n3cccn3)nc2c1. The molecule has 0 N–H and O–H groups in total. The van der Waals surface area contributed by atoms with Crippen LogP contribution >= 0.6 is 0 Å². The van der Waals surface area contributed by atoms with Crippen LogP contribution in [0.3, 0.4) is 0 Å². The smallest absolute Gasteiger partial charge is 0.0427 e. The third-order valence-corrected chi connectivity index (χ3v) is 3.81. The summed E-state index contributed by atoms with van der Waals surface area (Å²) in [7, 11) is 0. The Hall–Kier alpha value is -3.22. The molecule has 0 unspecified atom stereocenters. The van der Waals surface area contributed by atoms with Crippen molar-refractivity contribution < 1.29 is 28.9 Å². The quantitative estimate of drug-likeness (QED) is 0.301. The van der Waals surface area contributed by atoms with Crippen LogP contribution in [0.5, 0.6) is 0 Å². The van der Waals surface area contributed by atoms with Gasteiger partial charge in [-0.05, 0) is 24.0 Å². The van der Waals surface area contributed by atoms with E-state index < -0.39 is 11.6 Å². The molecule has 0 aliphatic heterocycles. The van der Waals surface area contributed by atoms with E-state index in [2.05, 4.69) is 26.1 Å². The first-order valence-corrected chi connectivity index (χ1v) is 8.38. The first-order valence-electron chi connectivity index (χ1n) is 8.38. The van der Waals surface area contributed by atoms with Gasteiger partial charge in [0, 0.05) is 61.1 Å². The van der Waals surface area contributed by atoms with Crippen molar-refractivity contribution in [2.24, 2.45) is 0 Å². The summed E-state index contributed by atoms with van der Waals surface area (Å²) < 4.78 is 27.4.